The van der Waals surface area contributed by atoms with Crippen molar-refractivity contribution < 1.29 is 19.4 Å². The molecule has 0 radical (unpaired) electrons. The Morgan fingerprint density at radius 3 is 2.51 bits per heavy atom. The van der Waals surface area contributed by atoms with Crippen LogP contribution in [-0.2, 0) is 9.59 Å². The maximum atomic E-state index is 13.3. The molecule has 1 aliphatic heterocycles. The van der Waals surface area contributed by atoms with E-state index in [1.165, 1.54) is 16.2 Å². The molecule has 5 rings (SSSR count). The summed E-state index contributed by atoms with van der Waals surface area (Å²) < 4.78 is 6.55. The topological polar surface area (TPSA) is 79.7 Å². The van der Waals surface area contributed by atoms with Crippen LogP contribution in [0.3, 0.4) is 0 Å². The summed E-state index contributed by atoms with van der Waals surface area (Å²) in [7, 11) is 0. The molecule has 2 heterocycles. The van der Waals surface area contributed by atoms with Gasteiger partial charge in [0.15, 0.2) is 5.13 Å². The maximum absolute atomic E-state index is 13.3. The van der Waals surface area contributed by atoms with Crippen molar-refractivity contribution in [3.05, 3.63) is 95.1 Å². The number of aliphatic hydroxyl groups excluding tert-OH is 1. The zero-order valence-electron chi connectivity index (χ0n) is 19.4. The number of thiazole rings is 1. The molecule has 6 nitrogen and oxygen atoms in total. The molecule has 0 aliphatic carbocycles. The van der Waals surface area contributed by atoms with Crippen LogP contribution in [0, 0.1) is 6.92 Å². The highest BCUT2D eigenvalue weighted by Crippen LogP contribution is 2.44. The van der Waals surface area contributed by atoms with E-state index in [1.807, 2.05) is 62.4 Å². The van der Waals surface area contributed by atoms with Crippen LogP contribution < -0.4 is 9.64 Å². The number of benzene rings is 3. The van der Waals surface area contributed by atoms with Crippen LogP contribution in [-0.4, -0.2) is 28.4 Å². The Balaban J connectivity index is 1.64. The molecule has 1 atom stereocenters. The van der Waals surface area contributed by atoms with Crippen molar-refractivity contribution in [3.63, 3.8) is 0 Å². The Kier molecular flexibility index (Phi) is 6.09. The van der Waals surface area contributed by atoms with Gasteiger partial charge in [-0.1, -0.05) is 54.7 Å². The van der Waals surface area contributed by atoms with Crippen molar-refractivity contribution in [1.29, 1.82) is 0 Å². The third-order valence-electron chi connectivity index (χ3n) is 5.90. The number of aliphatic hydroxyl groups is 1. The zero-order valence-corrected chi connectivity index (χ0v) is 20.2. The van der Waals surface area contributed by atoms with E-state index in [0.29, 0.717) is 28.6 Å². The van der Waals surface area contributed by atoms with Crippen LogP contribution in [0.1, 0.15) is 36.1 Å². The molecule has 1 fully saturated rings. The van der Waals surface area contributed by atoms with E-state index in [4.69, 9.17) is 4.74 Å². The van der Waals surface area contributed by atoms with Gasteiger partial charge in [0.05, 0.1) is 28.4 Å². The monoisotopic (exact) mass is 484 g/mol. The van der Waals surface area contributed by atoms with Crippen LogP contribution in [0.15, 0.2) is 78.4 Å². The first-order chi connectivity index (χ1) is 17.0. The van der Waals surface area contributed by atoms with Gasteiger partial charge in [-0.2, -0.15) is 0 Å². The Bertz CT molecular complexity index is 1440. The molecule has 3 aromatic carbocycles. The van der Waals surface area contributed by atoms with Gasteiger partial charge in [-0.3, -0.25) is 14.5 Å². The molecule has 1 aliphatic rings. The smallest absolute Gasteiger partial charge is 0.301 e. The molecule has 35 heavy (non-hydrogen) atoms. The van der Waals surface area contributed by atoms with Crippen LogP contribution in [0.2, 0.25) is 0 Å². The minimum atomic E-state index is -0.797. The first-order valence-corrected chi connectivity index (χ1v) is 12.3. The standard InChI is InChI=1S/C28H24N2O4S/c1-3-15-34-20-12-10-19(11-13-20)25(31)23-24(18-7-5-4-6-8-18)30(27(33)26(23)32)28-29-21-14-9-17(2)16-22(21)35-28/h4-14,16,24,31H,3,15H2,1-2H3/b25-23+. The molecule has 1 aromatic heterocycles. The number of Topliss-reactive ketones (excluding diaryl/α,β-unsaturated/α-hetero) is 1. The highest BCUT2D eigenvalue weighted by molar-refractivity contribution is 7.22. The lowest BCUT2D eigenvalue weighted by Gasteiger charge is -2.22. The number of hydrogen-bond acceptors (Lipinski definition) is 6. The highest BCUT2D eigenvalue weighted by Gasteiger charge is 2.48. The predicted octanol–water partition coefficient (Wildman–Crippen LogP) is 6.02. The summed E-state index contributed by atoms with van der Waals surface area (Å²) in [6.07, 6.45) is 0.883. The van der Waals surface area contributed by atoms with Gasteiger partial charge < -0.3 is 9.84 Å². The number of nitrogens with zero attached hydrogens (tertiary/aromatic N) is 2. The SMILES string of the molecule is CCCOc1ccc(/C(O)=C2\C(=O)C(=O)N(c3nc4ccc(C)cc4s3)C2c2ccccc2)cc1. The first-order valence-electron chi connectivity index (χ1n) is 11.4. The minimum Gasteiger partial charge on any atom is -0.507 e. The molecule has 176 valence electrons. The third kappa shape index (κ3) is 4.19. The van der Waals surface area contributed by atoms with Crippen LogP contribution in [0.4, 0.5) is 5.13 Å². The second kappa shape index (κ2) is 9.35. The van der Waals surface area contributed by atoms with Gasteiger partial charge in [-0.25, -0.2) is 4.98 Å². The van der Waals surface area contributed by atoms with Crippen LogP contribution in [0.5, 0.6) is 5.75 Å². The summed E-state index contributed by atoms with van der Waals surface area (Å²) >= 11 is 1.35. The molecule has 7 heteroatoms. The van der Waals surface area contributed by atoms with Gasteiger partial charge in [0.2, 0.25) is 0 Å². The van der Waals surface area contributed by atoms with Gasteiger partial charge in [-0.05, 0) is 60.9 Å². The van der Waals surface area contributed by atoms with E-state index in [9.17, 15) is 14.7 Å². The zero-order chi connectivity index (χ0) is 24.5. The summed E-state index contributed by atoms with van der Waals surface area (Å²) in [6.45, 7) is 4.61. The fraction of sp³-hybridized carbons (Fsp3) is 0.179. The summed E-state index contributed by atoms with van der Waals surface area (Å²) in [5.74, 6) is -0.996. The Hall–Kier alpha value is -3.97. The lowest BCUT2D eigenvalue weighted by molar-refractivity contribution is -0.132. The summed E-state index contributed by atoms with van der Waals surface area (Å²) in [4.78, 5) is 32.7. The average molecular weight is 485 g/mol. The van der Waals surface area contributed by atoms with E-state index >= 15 is 0 Å². The van der Waals surface area contributed by atoms with Crippen molar-refractivity contribution in [1.82, 2.24) is 4.98 Å². The molecule has 0 saturated carbocycles. The lowest BCUT2D eigenvalue weighted by Crippen LogP contribution is -2.29. The van der Waals surface area contributed by atoms with E-state index in [1.54, 1.807) is 24.3 Å². The molecule has 0 spiro atoms. The van der Waals surface area contributed by atoms with Crippen molar-refractivity contribution in [2.75, 3.05) is 11.5 Å². The minimum absolute atomic E-state index is 0.0406. The number of amides is 1. The van der Waals surface area contributed by atoms with Gasteiger partial charge in [0, 0.05) is 5.56 Å². The van der Waals surface area contributed by atoms with Crippen molar-refractivity contribution in [3.8, 4) is 5.75 Å². The Morgan fingerprint density at radius 1 is 1.06 bits per heavy atom. The number of aromatic nitrogens is 1. The summed E-state index contributed by atoms with van der Waals surface area (Å²) in [5.41, 5.74) is 3.03. The van der Waals surface area contributed by atoms with Gasteiger partial charge in [-0.15, -0.1) is 0 Å². The van der Waals surface area contributed by atoms with Gasteiger partial charge in [0.1, 0.15) is 11.5 Å². The normalized spacial score (nSPS) is 17.3. The predicted molar refractivity (Wildman–Crippen MR) is 138 cm³/mol. The molecule has 4 aromatic rings. The van der Waals surface area contributed by atoms with Crippen LogP contribution >= 0.6 is 11.3 Å². The molecule has 0 bridgehead atoms. The second-order valence-corrected chi connectivity index (χ2v) is 9.43. The number of aryl methyl sites for hydroxylation is 1. The number of carbonyl (C=O) groups is 2. The van der Waals surface area contributed by atoms with E-state index < -0.39 is 17.7 Å². The summed E-state index contributed by atoms with van der Waals surface area (Å²) in [5, 5.41) is 11.7. The van der Waals surface area contributed by atoms with Gasteiger partial charge >= 0.3 is 5.91 Å². The maximum Gasteiger partial charge on any atom is 0.301 e. The lowest BCUT2D eigenvalue weighted by atomic mass is 9.95. The number of rotatable bonds is 6. The average Bonchev–Trinajstić information content (AvgIpc) is 3.40. The molecule has 1 N–H and O–H groups in total. The third-order valence-corrected chi connectivity index (χ3v) is 6.92. The van der Waals surface area contributed by atoms with Crippen LogP contribution in [0.25, 0.3) is 16.0 Å². The molecular weight excluding hydrogens is 460 g/mol. The Labute approximate surface area is 207 Å². The molecule has 1 unspecified atom stereocenters. The van der Waals surface area contributed by atoms with E-state index in [0.717, 1.165) is 22.2 Å². The van der Waals surface area contributed by atoms with E-state index in [-0.39, 0.29) is 11.3 Å². The Morgan fingerprint density at radius 2 is 1.80 bits per heavy atom. The fourth-order valence-electron chi connectivity index (χ4n) is 4.19. The molecule has 1 saturated heterocycles. The quantitative estimate of drug-likeness (QED) is 0.206. The number of fused-ring (bicyclic) bond motifs is 1. The summed E-state index contributed by atoms with van der Waals surface area (Å²) in [6, 6.07) is 21.2. The van der Waals surface area contributed by atoms with Gasteiger partial charge in [0.25, 0.3) is 5.78 Å². The van der Waals surface area contributed by atoms with Crippen molar-refractivity contribution >= 4 is 44.1 Å². The van der Waals surface area contributed by atoms with E-state index in [2.05, 4.69) is 4.98 Å². The highest BCUT2D eigenvalue weighted by atomic mass is 32.1. The number of anilines is 1. The number of ketones is 1. The first kappa shape index (κ1) is 22.8. The molecular formula is C28H24N2O4S. The number of ether oxygens (including phenoxy) is 1. The second-order valence-electron chi connectivity index (χ2n) is 8.42. The van der Waals surface area contributed by atoms with Crippen molar-refractivity contribution in [2.45, 2.75) is 26.3 Å². The fourth-order valence-corrected chi connectivity index (χ4v) is 5.28. The molecule has 1 amide bonds. The largest absolute Gasteiger partial charge is 0.507 e. The number of hydrogen-bond donors (Lipinski definition) is 1. The number of carbonyl (C=O) groups excluding carboxylic acids is 2. The van der Waals surface area contributed by atoms with Crippen molar-refractivity contribution in [2.24, 2.45) is 0 Å².